The second-order valence-electron chi connectivity index (χ2n) is 5.32. The fourth-order valence-corrected chi connectivity index (χ4v) is 3.46. The third-order valence-corrected chi connectivity index (χ3v) is 4.89. The van der Waals surface area contributed by atoms with E-state index in [1.807, 2.05) is 19.1 Å². The molecule has 0 spiro atoms. The lowest BCUT2D eigenvalue weighted by Crippen LogP contribution is -2.14. The minimum atomic E-state index is -3.85. The Morgan fingerprint density at radius 1 is 1.12 bits per heavy atom. The molecule has 0 saturated heterocycles. The highest BCUT2D eigenvalue weighted by atomic mass is 32.2. The van der Waals surface area contributed by atoms with Crippen molar-refractivity contribution in [2.45, 2.75) is 11.8 Å². The van der Waals surface area contributed by atoms with Gasteiger partial charge in [0.1, 0.15) is 0 Å². The first kappa shape index (κ1) is 15.9. The number of carboxylic acid groups (broad SMARTS) is 1. The van der Waals surface area contributed by atoms with Crippen molar-refractivity contribution >= 4 is 32.6 Å². The molecule has 2 aromatic carbocycles. The van der Waals surface area contributed by atoms with Crippen molar-refractivity contribution in [3.8, 4) is 0 Å². The van der Waals surface area contributed by atoms with Gasteiger partial charge in [-0.15, -0.1) is 0 Å². The molecule has 1 heterocycles. The molecule has 0 aliphatic carbocycles. The molecule has 0 aliphatic heterocycles. The third-order valence-electron chi connectivity index (χ3n) is 3.51. The Bertz CT molecular complexity index is 1030. The zero-order valence-electron chi connectivity index (χ0n) is 12.7. The van der Waals surface area contributed by atoms with Crippen LogP contribution in [0.25, 0.3) is 10.9 Å². The first-order valence-electron chi connectivity index (χ1n) is 7.08. The number of carboxylic acids is 1. The summed E-state index contributed by atoms with van der Waals surface area (Å²) in [7, 11) is -3.85. The van der Waals surface area contributed by atoms with Crippen LogP contribution in [0.3, 0.4) is 0 Å². The highest BCUT2D eigenvalue weighted by Crippen LogP contribution is 2.26. The average Bonchev–Trinajstić information content (AvgIpc) is 2.54. The number of aromatic nitrogens is 1. The van der Waals surface area contributed by atoms with E-state index in [4.69, 9.17) is 5.11 Å². The van der Waals surface area contributed by atoms with Crippen molar-refractivity contribution in [2.75, 3.05) is 4.72 Å². The van der Waals surface area contributed by atoms with E-state index in [-0.39, 0.29) is 10.5 Å². The molecule has 0 bridgehead atoms. The van der Waals surface area contributed by atoms with Crippen LogP contribution in [0.5, 0.6) is 0 Å². The Kier molecular flexibility index (Phi) is 3.94. The van der Waals surface area contributed by atoms with E-state index in [0.29, 0.717) is 11.2 Å². The molecular formula is C17H14N2O4S. The maximum absolute atomic E-state index is 12.6. The number of aromatic carboxylic acids is 1. The highest BCUT2D eigenvalue weighted by molar-refractivity contribution is 7.92. The van der Waals surface area contributed by atoms with Crippen molar-refractivity contribution in [1.29, 1.82) is 0 Å². The molecule has 0 amide bonds. The molecule has 0 aliphatic rings. The second kappa shape index (κ2) is 5.93. The number of hydrogen-bond acceptors (Lipinski definition) is 4. The number of aryl methyl sites for hydroxylation is 1. The lowest BCUT2D eigenvalue weighted by Gasteiger charge is -2.11. The van der Waals surface area contributed by atoms with Crippen LogP contribution >= 0.6 is 0 Å². The zero-order chi connectivity index (χ0) is 17.3. The van der Waals surface area contributed by atoms with Crippen molar-refractivity contribution in [2.24, 2.45) is 0 Å². The number of pyridine rings is 1. The van der Waals surface area contributed by atoms with Crippen LogP contribution in [-0.2, 0) is 10.0 Å². The van der Waals surface area contributed by atoms with Gasteiger partial charge in [-0.2, -0.15) is 0 Å². The van der Waals surface area contributed by atoms with Gasteiger partial charge < -0.3 is 5.11 Å². The Balaban J connectivity index is 2.02. The van der Waals surface area contributed by atoms with Gasteiger partial charge in [0.2, 0.25) is 0 Å². The molecular weight excluding hydrogens is 328 g/mol. The van der Waals surface area contributed by atoms with Gasteiger partial charge in [-0.05, 0) is 55.0 Å². The first-order chi connectivity index (χ1) is 11.4. The number of nitrogens with one attached hydrogen (secondary N) is 1. The lowest BCUT2D eigenvalue weighted by atomic mass is 10.1. The summed E-state index contributed by atoms with van der Waals surface area (Å²) in [6.07, 6.45) is 1.59. The van der Waals surface area contributed by atoms with Gasteiger partial charge in [-0.3, -0.25) is 9.71 Å². The van der Waals surface area contributed by atoms with Gasteiger partial charge >= 0.3 is 5.97 Å². The smallest absolute Gasteiger partial charge is 0.335 e. The summed E-state index contributed by atoms with van der Waals surface area (Å²) >= 11 is 0. The number of nitrogens with zero attached hydrogens (tertiary/aromatic N) is 1. The summed E-state index contributed by atoms with van der Waals surface area (Å²) in [5.41, 5.74) is 1.85. The molecule has 24 heavy (non-hydrogen) atoms. The Morgan fingerprint density at radius 3 is 2.50 bits per heavy atom. The van der Waals surface area contributed by atoms with Crippen LogP contribution in [0, 0.1) is 6.92 Å². The summed E-state index contributed by atoms with van der Waals surface area (Å²) in [5.74, 6) is -1.11. The van der Waals surface area contributed by atoms with Gasteiger partial charge in [0.15, 0.2) is 0 Å². The SMILES string of the molecule is Cc1cc(NS(=O)(=O)c2ccc(C(=O)O)cc2)c2ncccc2c1. The van der Waals surface area contributed by atoms with Crippen LogP contribution < -0.4 is 4.72 Å². The topological polar surface area (TPSA) is 96.4 Å². The van der Waals surface area contributed by atoms with Gasteiger partial charge in [-0.25, -0.2) is 13.2 Å². The first-order valence-corrected chi connectivity index (χ1v) is 8.57. The fourth-order valence-electron chi connectivity index (χ4n) is 2.40. The van der Waals surface area contributed by atoms with E-state index in [9.17, 15) is 13.2 Å². The Labute approximate surface area is 138 Å². The van der Waals surface area contributed by atoms with Gasteiger partial charge in [0.25, 0.3) is 10.0 Å². The second-order valence-corrected chi connectivity index (χ2v) is 7.01. The summed E-state index contributed by atoms with van der Waals surface area (Å²) < 4.78 is 27.6. The van der Waals surface area contributed by atoms with E-state index in [1.54, 1.807) is 18.3 Å². The van der Waals surface area contributed by atoms with E-state index < -0.39 is 16.0 Å². The molecule has 6 nitrogen and oxygen atoms in total. The molecule has 7 heteroatoms. The molecule has 1 aromatic heterocycles. The zero-order valence-corrected chi connectivity index (χ0v) is 13.5. The third kappa shape index (κ3) is 3.07. The molecule has 0 atom stereocenters. The van der Waals surface area contributed by atoms with E-state index in [2.05, 4.69) is 9.71 Å². The number of carbonyl (C=O) groups is 1. The van der Waals surface area contributed by atoms with E-state index >= 15 is 0 Å². The van der Waals surface area contributed by atoms with Crippen molar-refractivity contribution in [3.63, 3.8) is 0 Å². The number of anilines is 1. The number of sulfonamides is 1. The maximum atomic E-state index is 12.6. The van der Waals surface area contributed by atoms with Crippen molar-refractivity contribution in [3.05, 3.63) is 65.9 Å². The van der Waals surface area contributed by atoms with Gasteiger partial charge in [0.05, 0.1) is 21.7 Å². The predicted molar refractivity (Wildman–Crippen MR) is 90.7 cm³/mol. The van der Waals surface area contributed by atoms with Crippen LogP contribution in [-0.4, -0.2) is 24.5 Å². The number of fused-ring (bicyclic) bond motifs is 1. The fraction of sp³-hybridized carbons (Fsp3) is 0.0588. The van der Waals surface area contributed by atoms with Crippen molar-refractivity contribution < 1.29 is 18.3 Å². The number of benzene rings is 2. The van der Waals surface area contributed by atoms with Gasteiger partial charge in [0, 0.05) is 11.6 Å². The molecule has 0 saturated carbocycles. The molecule has 0 unspecified atom stereocenters. The predicted octanol–water partition coefficient (Wildman–Crippen LogP) is 3.04. The van der Waals surface area contributed by atoms with Crippen molar-refractivity contribution in [1.82, 2.24) is 4.98 Å². The Morgan fingerprint density at radius 2 is 1.83 bits per heavy atom. The van der Waals surface area contributed by atoms with E-state index in [0.717, 1.165) is 10.9 Å². The molecule has 3 rings (SSSR count). The summed E-state index contributed by atoms with van der Waals surface area (Å²) in [5, 5.41) is 9.72. The quantitative estimate of drug-likeness (QED) is 0.759. The van der Waals surface area contributed by atoms with Crippen LogP contribution in [0.1, 0.15) is 15.9 Å². The molecule has 0 fully saturated rings. The van der Waals surface area contributed by atoms with Crippen LogP contribution in [0.2, 0.25) is 0 Å². The number of hydrogen-bond donors (Lipinski definition) is 2. The van der Waals surface area contributed by atoms with Crippen LogP contribution in [0.15, 0.2) is 59.6 Å². The minimum Gasteiger partial charge on any atom is -0.478 e. The number of rotatable bonds is 4. The lowest BCUT2D eigenvalue weighted by molar-refractivity contribution is 0.0696. The maximum Gasteiger partial charge on any atom is 0.335 e. The van der Waals surface area contributed by atoms with Gasteiger partial charge in [-0.1, -0.05) is 6.07 Å². The molecule has 3 aromatic rings. The molecule has 122 valence electrons. The summed E-state index contributed by atoms with van der Waals surface area (Å²) in [6.45, 7) is 1.87. The minimum absolute atomic E-state index is 0.0157. The molecule has 0 radical (unpaired) electrons. The molecule has 2 N–H and O–H groups in total. The standard InChI is InChI=1S/C17H14N2O4S/c1-11-9-13-3-2-8-18-16(13)15(10-11)19-24(22,23)14-6-4-12(5-7-14)17(20)21/h2-10,19H,1H3,(H,20,21). The largest absolute Gasteiger partial charge is 0.478 e. The highest BCUT2D eigenvalue weighted by Gasteiger charge is 2.17. The summed E-state index contributed by atoms with van der Waals surface area (Å²) in [4.78, 5) is 15.1. The normalized spacial score (nSPS) is 11.4. The summed E-state index contributed by atoms with van der Waals surface area (Å²) in [6, 6.07) is 12.3. The van der Waals surface area contributed by atoms with E-state index in [1.165, 1.54) is 24.3 Å². The average molecular weight is 342 g/mol. The van der Waals surface area contributed by atoms with Crippen LogP contribution in [0.4, 0.5) is 5.69 Å². The Hall–Kier alpha value is -2.93. The monoisotopic (exact) mass is 342 g/mol.